The lowest BCUT2D eigenvalue weighted by Gasteiger charge is -2.17. The van der Waals surface area contributed by atoms with E-state index in [4.69, 9.17) is 18.9 Å². The highest BCUT2D eigenvalue weighted by atomic mass is 16.5. The average Bonchev–Trinajstić information content (AvgIpc) is 2.58. The number of hydrogen-bond acceptors (Lipinski definition) is 6. The van der Waals surface area contributed by atoms with Crippen molar-refractivity contribution in [3.63, 3.8) is 0 Å². The lowest BCUT2D eigenvalue weighted by molar-refractivity contribution is -0.139. The zero-order valence-electron chi connectivity index (χ0n) is 13.8. The molecule has 1 aromatic rings. The van der Waals surface area contributed by atoms with Gasteiger partial charge in [-0.2, -0.15) is 0 Å². The Kier molecular flexibility index (Phi) is 7.41. The van der Waals surface area contributed by atoms with Crippen LogP contribution in [-0.2, 0) is 16.0 Å². The Balaban J connectivity index is 3.00. The summed E-state index contributed by atoms with van der Waals surface area (Å²) in [5.74, 6) is -0.0104. The molecule has 0 aliphatic carbocycles. The van der Waals surface area contributed by atoms with Crippen LogP contribution in [-0.4, -0.2) is 51.1 Å². The average molecular weight is 339 g/mol. The predicted octanol–water partition coefficient (Wildman–Crippen LogP) is 1.62. The molecule has 0 heterocycles. The van der Waals surface area contributed by atoms with E-state index in [1.165, 1.54) is 27.4 Å². The fraction of sp³-hybridized carbons (Fsp3) is 0.375. The summed E-state index contributed by atoms with van der Waals surface area (Å²) in [5, 5.41) is 11.6. The van der Waals surface area contributed by atoms with Crippen LogP contribution in [0.25, 0.3) is 0 Å². The first-order valence-electron chi connectivity index (χ1n) is 7.02. The number of benzene rings is 1. The Labute approximate surface area is 140 Å². The van der Waals surface area contributed by atoms with Gasteiger partial charge in [0.05, 0.1) is 21.3 Å². The number of rotatable bonds is 9. The molecule has 0 bridgehead atoms. The molecule has 0 fully saturated rings. The minimum absolute atomic E-state index is 0.00916. The zero-order chi connectivity index (χ0) is 18.1. The minimum Gasteiger partial charge on any atom is -0.493 e. The summed E-state index contributed by atoms with van der Waals surface area (Å²) >= 11 is 0. The molecule has 0 aliphatic heterocycles. The van der Waals surface area contributed by atoms with Crippen molar-refractivity contribution in [1.29, 1.82) is 0 Å². The summed E-state index contributed by atoms with van der Waals surface area (Å²) in [6, 6.07) is 2.06. The summed E-state index contributed by atoms with van der Waals surface area (Å²) in [7, 11) is 4.39. The van der Waals surface area contributed by atoms with E-state index in [1.807, 2.05) is 0 Å². The molecule has 0 saturated carbocycles. The van der Waals surface area contributed by atoms with Gasteiger partial charge >= 0.3 is 12.1 Å². The standard InChI is InChI=1S/C16H21NO7/c1-5-6-24-16(20)17-11(15(18)19)7-10-8-12(21-2)14(23-4)13(9-10)22-3/h5,8-9,11H,1,6-7H2,2-4H3,(H,17,20)(H,18,19)/t11-/m0/s1. The van der Waals surface area contributed by atoms with E-state index in [1.54, 1.807) is 12.1 Å². The smallest absolute Gasteiger partial charge is 0.408 e. The number of alkyl carbamates (subject to hydrolysis) is 1. The van der Waals surface area contributed by atoms with Gasteiger partial charge in [-0.15, -0.1) is 0 Å². The first-order chi connectivity index (χ1) is 11.5. The number of ether oxygens (including phenoxy) is 4. The van der Waals surface area contributed by atoms with E-state index in [-0.39, 0.29) is 13.0 Å². The summed E-state index contributed by atoms with van der Waals surface area (Å²) in [6.45, 7) is 3.40. The maximum Gasteiger partial charge on any atom is 0.408 e. The normalized spacial score (nSPS) is 11.1. The topological polar surface area (TPSA) is 103 Å². The van der Waals surface area contributed by atoms with Gasteiger partial charge in [0.25, 0.3) is 0 Å². The molecular formula is C16H21NO7. The van der Waals surface area contributed by atoms with Gasteiger partial charge in [0, 0.05) is 6.42 Å². The lowest BCUT2D eigenvalue weighted by atomic mass is 10.0. The quantitative estimate of drug-likeness (QED) is 0.659. The SMILES string of the molecule is C=CCOC(=O)N[C@@H](Cc1cc(OC)c(OC)c(OC)c1)C(=O)O. The van der Waals surface area contributed by atoms with Gasteiger partial charge in [-0.05, 0) is 17.7 Å². The Hall–Kier alpha value is -2.90. The van der Waals surface area contributed by atoms with E-state index in [2.05, 4.69) is 11.9 Å². The van der Waals surface area contributed by atoms with Gasteiger partial charge in [-0.3, -0.25) is 0 Å². The highest BCUT2D eigenvalue weighted by molar-refractivity contribution is 5.80. The molecule has 8 nitrogen and oxygen atoms in total. The number of carboxylic acids is 1. The van der Waals surface area contributed by atoms with Gasteiger partial charge in [0.1, 0.15) is 12.6 Å². The minimum atomic E-state index is -1.20. The molecule has 2 N–H and O–H groups in total. The van der Waals surface area contributed by atoms with Gasteiger partial charge < -0.3 is 29.4 Å². The number of nitrogens with one attached hydrogen (secondary N) is 1. The maximum atomic E-state index is 11.5. The van der Waals surface area contributed by atoms with Crippen LogP contribution in [0.4, 0.5) is 4.79 Å². The van der Waals surface area contributed by atoms with E-state index in [0.29, 0.717) is 22.8 Å². The van der Waals surface area contributed by atoms with Crippen molar-refractivity contribution >= 4 is 12.1 Å². The first kappa shape index (κ1) is 19.1. The molecule has 0 radical (unpaired) electrons. The Morgan fingerprint density at radius 2 is 1.79 bits per heavy atom. The second kappa shape index (κ2) is 9.29. The number of aliphatic carboxylic acids is 1. The molecule has 1 rings (SSSR count). The van der Waals surface area contributed by atoms with E-state index >= 15 is 0 Å². The predicted molar refractivity (Wildman–Crippen MR) is 85.9 cm³/mol. The number of carbonyl (C=O) groups is 2. The number of amides is 1. The van der Waals surface area contributed by atoms with Crippen LogP contribution in [0.3, 0.4) is 0 Å². The third-order valence-corrected chi connectivity index (χ3v) is 3.09. The molecular weight excluding hydrogens is 318 g/mol. The maximum absolute atomic E-state index is 11.5. The summed E-state index contributed by atoms with van der Waals surface area (Å²) in [5.41, 5.74) is 0.584. The van der Waals surface area contributed by atoms with Crippen molar-refractivity contribution in [1.82, 2.24) is 5.32 Å². The van der Waals surface area contributed by atoms with E-state index in [0.717, 1.165) is 0 Å². The van der Waals surface area contributed by atoms with Crippen molar-refractivity contribution < 1.29 is 33.6 Å². The molecule has 1 amide bonds. The number of hydrogen-bond donors (Lipinski definition) is 2. The van der Waals surface area contributed by atoms with Gasteiger partial charge in [0.15, 0.2) is 11.5 Å². The largest absolute Gasteiger partial charge is 0.493 e. The fourth-order valence-electron chi connectivity index (χ4n) is 2.01. The monoisotopic (exact) mass is 339 g/mol. The van der Waals surface area contributed by atoms with Crippen molar-refractivity contribution in [2.24, 2.45) is 0 Å². The van der Waals surface area contributed by atoms with Crippen molar-refractivity contribution in [2.45, 2.75) is 12.5 Å². The molecule has 1 atom stereocenters. The number of carboxylic acid groups (broad SMARTS) is 1. The van der Waals surface area contributed by atoms with Gasteiger partial charge in [0.2, 0.25) is 5.75 Å². The zero-order valence-corrected chi connectivity index (χ0v) is 13.8. The van der Waals surface area contributed by atoms with Crippen molar-refractivity contribution in [2.75, 3.05) is 27.9 Å². The van der Waals surface area contributed by atoms with Gasteiger partial charge in [-0.25, -0.2) is 9.59 Å². The second-order valence-corrected chi connectivity index (χ2v) is 4.66. The Morgan fingerprint density at radius 1 is 1.21 bits per heavy atom. The Bertz CT molecular complexity index is 575. The van der Waals surface area contributed by atoms with Gasteiger partial charge in [-0.1, -0.05) is 12.7 Å². The molecule has 0 spiro atoms. The molecule has 0 aliphatic rings. The van der Waals surface area contributed by atoms with Crippen LogP contribution >= 0.6 is 0 Å². The molecule has 0 aromatic heterocycles. The van der Waals surface area contributed by atoms with Crippen molar-refractivity contribution in [3.8, 4) is 17.2 Å². The highest BCUT2D eigenvalue weighted by Gasteiger charge is 2.23. The van der Waals surface area contributed by atoms with Crippen LogP contribution in [0.15, 0.2) is 24.8 Å². The lowest BCUT2D eigenvalue weighted by Crippen LogP contribution is -2.42. The highest BCUT2D eigenvalue weighted by Crippen LogP contribution is 2.38. The third kappa shape index (κ3) is 5.08. The molecule has 1 aromatic carbocycles. The van der Waals surface area contributed by atoms with Crippen LogP contribution in [0.5, 0.6) is 17.2 Å². The Morgan fingerprint density at radius 3 is 2.21 bits per heavy atom. The van der Waals surface area contributed by atoms with Crippen LogP contribution in [0.1, 0.15) is 5.56 Å². The van der Waals surface area contributed by atoms with Crippen LogP contribution < -0.4 is 19.5 Å². The van der Waals surface area contributed by atoms with E-state index in [9.17, 15) is 14.7 Å². The first-order valence-corrected chi connectivity index (χ1v) is 7.02. The molecule has 132 valence electrons. The fourth-order valence-corrected chi connectivity index (χ4v) is 2.01. The van der Waals surface area contributed by atoms with Crippen molar-refractivity contribution in [3.05, 3.63) is 30.4 Å². The number of methoxy groups -OCH3 is 3. The third-order valence-electron chi connectivity index (χ3n) is 3.09. The molecule has 0 unspecified atom stereocenters. The van der Waals surface area contributed by atoms with Crippen LogP contribution in [0, 0.1) is 0 Å². The molecule has 8 heteroatoms. The summed E-state index contributed by atoms with van der Waals surface area (Å²) in [4.78, 5) is 22.9. The number of carbonyl (C=O) groups excluding carboxylic acids is 1. The summed E-state index contributed by atoms with van der Waals surface area (Å²) < 4.78 is 20.4. The van der Waals surface area contributed by atoms with E-state index < -0.39 is 18.1 Å². The molecule has 24 heavy (non-hydrogen) atoms. The second-order valence-electron chi connectivity index (χ2n) is 4.66. The van der Waals surface area contributed by atoms with Crippen LogP contribution in [0.2, 0.25) is 0 Å². The summed E-state index contributed by atoms with van der Waals surface area (Å²) in [6.07, 6.45) is 0.554. The molecule has 0 saturated heterocycles.